The van der Waals surface area contributed by atoms with Gasteiger partial charge in [0.2, 0.25) is 0 Å². The third-order valence-corrected chi connectivity index (χ3v) is 7.11. The van der Waals surface area contributed by atoms with Gasteiger partial charge in [0.15, 0.2) is 0 Å². The van der Waals surface area contributed by atoms with Crippen LogP contribution in [0.25, 0.3) is 0 Å². The third kappa shape index (κ3) is 23.2. The van der Waals surface area contributed by atoms with E-state index in [1.807, 2.05) is 0 Å². The van der Waals surface area contributed by atoms with Crippen LogP contribution in [0.15, 0.2) is 0 Å². The molecule has 0 aromatic rings. The molecule has 0 saturated carbocycles. The lowest BCUT2D eigenvalue weighted by Crippen LogP contribution is -2.41. The summed E-state index contributed by atoms with van der Waals surface area (Å²) in [5, 5.41) is 17.8. The summed E-state index contributed by atoms with van der Waals surface area (Å²) in [6.45, 7) is 1.20. The smallest absolute Gasteiger partial charge is 0.254 e. The predicted octanol–water partition coefficient (Wildman–Crippen LogP) is 7.71. The zero-order valence-electron chi connectivity index (χ0n) is 23.3. The van der Waals surface area contributed by atoms with E-state index in [4.69, 9.17) is 10.2 Å². The normalized spacial score (nSPS) is 11.2. The molecule has 0 aromatic carbocycles. The Kier molecular flexibility index (Phi) is 26.9. The van der Waals surface area contributed by atoms with Crippen LogP contribution in [-0.2, 0) is 9.59 Å². The molecule has 0 aliphatic rings. The Balaban J connectivity index is 3.24. The van der Waals surface area contributed by atoms with Gasteiger partial charge in [-0.05, 0) is 6.42 Å². The molecule has 35 heavy (non-hydrogen) atoms. The first-order valence-corrected chi connectivity index (χ1v) is 15.2. The van der Waals surface area contributed by atoms with Gasteiger partial charge in [0.1, 0.15) is 13.2 Å². The van der Waals surface area contributed by atoms with E-state index in [0.29, 0.717) is 0 Å². The van der Waals surface area contributed by atoms with Gasteiger partial charge in [-0.3, -0.25) is 14.5 Å². The summed E-state index contributed by atoms with van der Waals surface area (Å²) < 4.78 is 0. The van der Waals surface area contributed by atoms with Gasteiger partial charge in [0.05, 0.1) is 0 Å². The second kappa shape index (κ2) is 27.6. The van der Waals surface area contributed by atoms with E-state index in [1.54, 1.807) is 0 Å². The summed E-state index contributed by atoms with van der Waals surface area (Å²) in [6, 6.07) is 0. The van der Waals surface area contributed by atoms with Crippen molar-refractivity contribution in [2.45, 2.75) is 161 Å². The molecule has 5 heteroatoms. The molecule has 0 rings (SSSR count). The van der Waals surface area contributed by atoms with Crippen molar-refractivity contribution >= 4 is 11.8 Å². The molecule has 0 spiro atoms. The lowest BCUT2D eigenvalue weighted by Gasteiger charge is -2.18. The molecule has 0 aliphatic carbocycles. The Hall–Kier alpha value is -0.940. The second-order valence-electron chi connectivity index (χ2n) is 10.4. The lowest BCUT2D eigenvalue weighted by atomic mass is 10.0. The first-order valence-electron chi connectivity index (χ1n) is 15.2. The summed E-state index contributed by atoms with van der Waals surface area (Å²) in [5.41, 5.74) is 0. The average molecular weight is 498 g/mol. The van der Waals surface area contributed by atoms with Gasteiger partial charge in [0.25, 0.3) is 11.8 Å². The van der Waals surface area contributed by atoms with Gasteiger partial charge >= 0.3 is 0 Å². The molecule has 0 saturated heterocycles. The number of unbranched alkanes of at least 4 members (excludes halogenated alkanes) is 23. The summed E-state index contributed by atoms with van der Waals surface area (Å²) in [4.78, 5) is 24.0. The number of hydrogen-bond donors (Lipinski definition) is 2. The molecule has 0 aromatic heterocycles. The van der Waals surface area contributed by atoms with Crippen molar-refractivity contribution in [2.75, 3.05) is 19.8 Å². The summed E-state index contributed by atoms with van der Waals surface area (Å²) in [5.74, 6) is -1.25. The molecule has 0 bridgehead atoms. The number of amides is 2. The summed E-state index contributed by atoms with van der Waals surface area (Å²) in [7, 11) is 0. The number of hydrogen-bond acceptors (Lipinski definition) is 4. The van der Waals surface area contributed by atoms with Crippen LogP contribution < -0.4 is 0 Å². The highest BCUT2D eigenvalue weighted by Crippen LogP contribution is 2.15. The lowest BCUT2D eigenvalue weighted by molar-refractivity contribution is -0.148. The number of rotatable bonds is 27. The predicted molar refractivity (Wildman–Crippen MR) is 147 cm³/mol. The first kappa shape index (κ1) is 34.1. The Bertz CT molecular complexity index is 453. The molecule has 208 valence electrons. The van der Waals surface area contributed by atoms with E-state index in [-0.39, 0.29) is 6.54 Å². The third-order valence-electron chi connectivity index (χ3n) is 7.11. The number of nitrogens with zero attached hydrogens (tertiary/aromatic N) is 1. The van der Waals surface area contributed by atoms with Gasteiger partial charge in [0, 0.05) is 6.54 Å². The number of imide groups is 1. The first-order chi connectivity index (χ1) is 17.2. The van der Waals surface area contributed by atoms with Crippen LogP contribution >= 0.6 is 0 Å². The van der Waals surface area contributed by atoms with Crippen molar-refractivity contribution in [1.29, 1.82) is 0 Å². The minimum Gasteiger partial charge on any atom is -0.387 e. The van der Waals surface area contributed by atoms with Crippen molar-refractivity contribution in [3.8, 4) is 0 Å². The fourth-order valence-corrected chi connectivity index (χ4v) is 4.79. The van der Waals surface area contributed by atoms with E-state index in [1.165, 1.54) is 135 Å². The minimum absolute atomic E-state index is 0.290. The standard InChI is InChI=1S/C30H59NO4/c1-2-3-4-5-6-7-8-9-10-11-12-13-14-15-16-17-18-19-20-21-22-23-24-25-26-31(29(34)27-32)30(35)28-33/h32-33H,2-28H2,1H3. The minimum atomic E-state index is -0.689. The van der Waals surface area contributed by atoms with E-state index in [9.17, 15) is 9.59 Å². The zero-order chi connectivity index (χ0) is 25.8. The molecular formula is C30H59NO4. The Morgan fingerprint density at radius 1 is 0.429 bits per heavy atom. The number of carbonyl (C=O) groups is 2. The Morgan fingerprint density at radius 3 is 0.886 bits per heavy atom. The summed E-state index contributed by atoms with van der Waals surface area (Å²) >= 11 is 0. The fraction of sp³-hybridized carbons (Fsp3) is 0.933. The topological polar surface area (TPSA) is 77.8 Å². The van der Waals surface area contributed by atoms with Gasteiger partial charge in [-0.1, -0.05) is 155 Å². The maximum absolute atomic E-state index is 11.5. The quantitative estimate of drug-likeness (QED) is 0.114. The van der Waals surface area contributed by atoms with Crippen LogP contribution in [0.4, 0.5) is 0 Å². The zero-order valence-corrected chi connectivity index (χ0v) is 23.3. The molecule has 0 radical (unpaired) electrons. The van der Waals surface area contributed by atoms with Crippen LogP contribution in [0, 0.1) is 0 Å². The van der Waals surface area contributed by atoms with Crippen molar-refractivity contribution in [2.24, 2.45) is 0 Å². The molecule has 0 aliphatic heterocycles. The van der Waals surface area contributed by atoms with Crippen LogP contribution in [0.2, 0.25) is 0 Å². The van der Waals surface area contributed by atoms with Crippen LogP contribution in [-0.4, -0.2) is 46.7 Å². The number of carbonyl (C=O) groups excluding carboxylic acids is 2. The highest BCUT2D eigenvalue weighted by atomic mass is 16.3. The fourth-order valence-electron chi connectivity index (χ4n) is 4.79. The monoisotopic (exact) mass is 497 g/mol. The van der Waals surface area contributed by atoms with Crippen molar-refractivity contribution in [3.05, 3.63) is 0 Å². The molecule has 0 fully saturated rings. The highest BCUT2D eigenvalue weighted by molar-refractivity contribution is 5.96. The van der Waals surface area contributed by atoms with Crippen molar-refractivity contribution in [1.82, 2.24) is 4.90 Å². The van der Waals surface area contributed by atoms with Gasteiger partial charge in [-0.25, -0.2) is 0 Å². The highest BCUT2D eigenvalue weighted by Gasteiger charge is 2.18. The number of aliphatic hydroxyl groups is 2. The van der Waals surface area contributed by atoms with E-state index < -0.39 is 25.0 Å². The largest absolute Gasteiger partial charge is 0.387 e. The average Bonchev–Trinajstić information content (AvgIpc) is 2.88. The Morgan fingerprint density at radius 2 is 0.657 bits per heavy atom. The van der Waals surface area contributed by atoms with Gasteiger partial charge in [-0.15, -0.1) is 0 Å². The van der Waals surface area contributed by atoms with Gasteiger partial charge < -0.3 is 10.2 Å². The number of aliphatic hydroxyl groups excluding tert-OH is 2. The maximum Gasteiger partial charge on any atom is 0.254 e. The molecule has 2 N–H and O–H groups in total. The van der Waals surface area contributed by atoms with Gasteiger partial charge in [-0.2, -0.15) is 0 Å². The van der Waals surface area contributed by atoms with Crippen LogP contribution in [0.1, 0.15) is 161 Å². The van der Waals surface area contributed by atoms with E-state index in [2.05, 4.69) is 6.92 Å². The van der Waals surface area contributed by atoms with Crippen LogP contribution in [0.3, 0.4) is 0 Å². The molecule has 2 amide bonds. The summed E-state index contributed by atoms with van der Waals surface area (Å²) in [6.07, 6.45) is 32.1. The van der Waals surface area contributed by atoms with Crippen molar-refractivity contribution < 1.29 is 19.8 Å². The Labute approximate surface area is 217 Å². The van der Waals surface area contributed by atoms with Crippen LogP contribution in [0.5, 0.6) is 0 Å². The SMILES string of the molecule is CCCCCCCCCCCCCCCCCCCCCCCCCCN(C(=O)CO)C(=O)CO. The van der Waals surface area contributed by atoms with Crippen molar-refractivity contribution in [3.63, 3.8) is 0 Å². The molecule has 0 unspecified atom stereocenters. The van der Waals surface area contributed by atoms with E-state index in [0.717, 1.165) is 24.2 Å². The molecule has 5 nitrogen and oxygen atoms in total. The second-order valence-corrected chi connectivity index (χ2v) is 10.4. The maximum atomic E-state index is 11.5. The molecular weight excluding hydrogens is 438 g/mol. The van der Waals surface area contributed by atoms with E-state index >= 15 is 0 Å². The molecule has 0 heterocycles. The molecule has 0 atom stereocenters.